The van der Waals surface area contributed by atoms with E-state index in [0.717, 1.165) is 58.9 Å². The first kappa shape index (κ1) is 21.4. The van der Waals surface area contributed by atoms with Gasteiger partial charge in [0.05, 0.1) is 12.6 Å². The lowest BCUT2D eigenvalue weighted by Crippen LogP contribution is -2.57. The van der Waals surface area contributed by atoms with Gasteiger partial charge in [0.25, 0.3) is 0 Å². The predicted molar refractivity (Wildman–Crippen MR) is 129 cm³/mol. The van der Waals surface area contributed by atoms with Crippen molar-refractivity contribution in [1.82, 2.24) is 19.6 Å². The Morgan fingerprint density at radius 1 is 0.844 bits per heavy atom. The minimum Gasteiger partial charge on any atom is -0.364 e. The number of anilines is 1. The molecule has 3 aliphatic heterocycles. The van der Waals surface area contributed by atoms with Gasteiger partial charge in [-0.25, -0.2) is 0 Å². The van der Waals surface area contributed by atoms with Crippen LogP contribution in [0.1, 0.15) is 11.1 Å². The molecule has 0 aliphatic carbocycles. The zero-order valence-corrected chi connectivity index (χ0v) is 19.2. The number of piperazine rings is 2. The molecule has 6 nitrogen and oxygen atoms in total. The number of rotatable bonds is 4. The minimum absolute atomic E-state index is 0.270. The number of hydrogen-bond donors (Lipinski definition) is 0. The summed E-state index contributed by atoms with van der Waals surface area (Å²) in [5, 5.41) is 0. The molecule has 0 radical (unpaired) electrons. The van der Waals surface area contributed by atoms with Crippen LogP contribution in [0.25, 0.3) is 0 Å². The Hall–Kier alpha value is -2.41. The van der Waals surface area contributed by atoms with E-state index in [-0.39, 0.29) is 5.91 Å². The van der Waals surface area contributed by atoms with Crippen molar-refractivity contribution in [3.63, 3.8) is 0 Å². The number of hydrogen-bond acceptors (Lipinski definition) is 5. The molecule has 32 heavy (non-hydrogen) atoms. The molecule has 0 saturated carbocycles. The zero-order valence-electron chi connectivity index (χ0n) is 19.2. The maximum absolute atomic E-state index is 13.4. The van der Waals surface area contributed by atoms with Crippen molar-refractivity contribution in [2.75, 3.05) is 70.9 Å². The smallest absolute Gasteiger partial charge is 0.237 e. The highest BCUT2D eigenvalue weighted by Gasteiger charge is 2.34. The molecule has 6 heteroatoms. The molecule has 170 valence electrons. The Bertz CT molecular complexity index is 911. The quantitative estimate of drug-likeness (QED) is 0.736. The Balaban J connectivity index is 1.31. The highest BCUT2D eigenvalue weighted by Crippen LogP contribution is 2.30. The number of fused-ring (bicyclic) bond motifs is 3. The van der Waals surface area contributed by atoms with E-state index < -0.39 is 0 Å². The topological polar surface area (TPSA) is 33.3 Å². The third kappa shape index (κ3) is 4.82. The van der Waals surface area contributed by atoms with Gasteiger partial charge in [-0.15, -0.1) is 0 Å². The van der Waals surface area contributed by atoms with Crippen molar-refractivity contribution in [3.8, 4) is 0 Å². The molecule has 2 aromatic rings. The second kappa shape index (κ2) is 9.61. The average molecular weight is 434 g/mol. The summed E-state index contributed by atoms with van der Waals surface area (Å²) in [7, 11) is 2.16. The van der Waals surface area contributed by atoms with Crippen LogP contribution in [0.2, 0.25) is 0 Å². The summed E-state index contributed by atoms with van der Waals surface area (Å²) in [5.74, 6) is 0.270. The first-order valence-electron chi connectivity index (χ1n) is 12.0. The summed E-state index contributed by atoms with van der Waals surface area (Å²) in [4.78, 5) is 25.3. The first-order chi connectivity index (χ1) is 15.7. The van der Waals surface area contributed by atoms with E-state index in [2.05, 4.69) is 86.1 Å². The summed E-state index contributed by atoms with van der Waals surface area (Å²) in [6.07, 6.45) is 0. The van der Waals surface area contributed by atoms with Crippen LogP contribution < -0.4 is 4.90 Å². The molecule has 0 N–H and O–H groups in total. The fourth-order valence-electron chi connectivity index (χ4n) is 5.31. The van der Waals surface area contributed by atoms with Gasteiger partial charge in [0.1, 0.15) is 0 Å². The van der Waals surface area contributed by atoms with Crippen molar-refractivity contribution < 1.29 is 4.79 Å². The van der Waals surface area contributed by atoms with E-state index in [4.69, 9.17) is 0 Å². The fourth-order valence-corrected chi connectivity index (χ4v) is 5.31. The van der Waals surface area contributed by atoms with Crippen molar-refractivity contribution in [2.45, 2.75) is 19.1 Å². The van der Waals surface area contributed by atoms with Gasteiger partial charge in [-0.1, -0.05) is 48.5 Å². The van der Waals surface area contributed by atoms with Crippen molar-refractivity contribution in [2.24, 2.45) is 0 Å². The van der Waals surface area contributed by atoms with Crippen LogP contribution in [0.3, 0.4) is 0 Å². The standard InChI is InChI=1S/C26H35N5O/c1-27-11-13-28(14-12-27)21-26(32)30-18-23-9-5-6-10-25(23)31-16-15-29(19-24(31)20-30)17-22-7-3-2-4-8-22/h2-10,24H,11-21H2,1H3. The van der Waals surface area contributed by atoms with Gasteiger partial charge < -0.3 is 14.7 Å². The Morgan fingerprint density at radius 2 is 1.56 bits per heavy atom. The maximum atomic E-state index is 13.4. The monoisotopic (exact) mass is 433 g/mol. The Labute approximate surface area is 192 Å². The second-order valence-corrected chi connectivity index (χ2v) is 9.55. The van der Waals surface area contributed by atoms with E-state index in [1.807, 2.05) is 0 Å². The van der Waals surface area contributed by atoms with Gasteiger partial charge in [-0.3, -0.25) is 14.6 Å². The van der Waals surface area contributed by atoms with Crippen LogP contribution in [-0.2, 0) is 17.9 Å². The molecule has 2 saturated heterocycles. The number of para-hydroxylation sites is 1. The van der Waals surface area contributed by atoms with Crippen molar-refractivity contribution in [1.29, 1.82) is 0 Å². The molecule has 5 rings (SSSR count). The minimum atomic E-state index is 0.270. The van der Waals surface area contributed by atoms with Gasteiger partial charge in [0, 0.05) is 71.1 Å². The van der Waals surface area contributed by atoms with E-state index in [9.17, 15) is 4.79 Å². The third-order valence-corrected chi connectivity index (χ3v) is 7.22. The molecule has 2 aromatic carbocycles. The van der Waals surface area contributed by atoms with Crippen LogP contribution in [0.4, 0.5) is 5.69 Å². The predicted octanol–water partition coefficient (Wildman–Crippen LogP) is 1.97. The number of carbonyl (C=O) groups excluding carboxylic acids is 1. The van der Waals surface area contributed by atoms with E-state index in [0.29, 0.717) is 19.1 Å². The number of carbonyl (C=O) groups is 1. The van der Waals surface area contributed by atoms with Gasteiger partial charge in [-0.2, -0.15) is 0 Å². The summed E-state index contributed by atoms with van der Waals surface area (Å²) in [5.41, 5.74) is 3.95. The molecule has 0 aromatic heterocycles. The molecule has 0 spiro atoms. The number of nitrogens with zero attached hydrogens (tertiary/aromatic N) is 5. The lowest BCUT2D eigenvalue weighted by Gasteiger charge is -2.43. The molecule has 1 atom stereocenters. The molecule has 3 heterocycles. The van der Waals surface area contributed by atoms with Gasteiger partial charge in [-0.05, 0) is 24.2 Å². The van der Waals surface area contributed by atoms with Gasteiger partial charge in [0.15, 0.2) is 0 Å². The lowest BCUT2D eigenvalue weighted by atomic mass is 10.1. The lowest BCUT2D eigenvalue weighted by molar-refractivity contribution is -0.133. The molecule has 1 amide bonds. The van der Waals surface area contributed by atoms with Gasteiger partial charge in [0.2, 0.25) is 5.91 Å². The first-order valence-corrected chi connectivity index (χ1v) is 12.0. The summed E-state index contributed by atoms with van der Waals surface area (Å²) < 4.78 is 0. The Kier molecular flexibility index (Phi) is 6.44. The summed E-state index contributed by atoms with van der Waals surface area (Å²) in [6, 6.07) is 19.7. The second-order valence-electron chi connectivity index (χ2n) is 9.55. The van der Waals surface area contributed by atoms with Gasteiger partial charge >= 0.3 is 0 Å². The van der Waals surface area contributed by atoms with Crippen LogP contribution in [-0.4, -0.2) is 97.5 Å². The van der Waals surface area contributed by atoms with Crippen LogP contribution in [0, 0.1) is 0 Å². The number of amides is 1. The molecule has 2 fully saturated rings. The van der Waals surface area contributed by atoms with Crippen LogP contribution in [0.5, 0.6) is 0 Å². The Morgan fingerprint density at radius 3 is 2.38 bits per heavy atom. The molecule has 3 aliphatic rings. The molecule has 0 bridgehead atoms. The highest BCUT2D eigenvalue weighted by molar-refractivity contribution is 5.79. The maximum Gasteiger partial charge on any atom is 0.237 e. The zero-order chi connectivity index (χ0) is 21.9. The molecular formula is C26H35N5O. The molecular weight excluding hydrogens is 398 g/mol. The third-order valence-electron chi connectivity index (χ3n) is 7.22. The van der Waals surface area contributed by atoms with Crippen molar-refractivity contribution >= 4 is 11.6 Å². The van der Waals surface area contributed by atoms with Crippen LogP contribution in [0.15, 0.2) is 54.6 Å². The van der Waals surface area contributed by atoms with E-state index in [1.54, 1.807) is 0 Å². The summed E-state index contributed by atoms with van der Waals surface area (Å²) >= 11 is 0. The van der Waals surface area contributed by atoms with E-state index >= 15 is 0 Å². The average Bonchev–Trinajstić information content (AvgIpc) is 2.98. The highest BCUT2D eigenvalue weighted by atomic mass is 16.2. The van der Waals surface area contributed by atoms with E-state index in [1.165, 1.54) is 16.8 Å². The number of likely N-dealkylation sites (N-methyl/N-ethyl adjacent to an activating group) is 1. The van der Waals surface area contributed by atoms with Crippen molar-refractivity contribution in [3.05, 3.63) is 65.7 Å². The van der Waals surface area contributed by atoms with Crippen LogP contribution >= 0.6 is 0 Å². The fraction of sp³-hybridized carbons (Fsp3) is 0.500. The summed E-state index contributed by atoms with van der Waals surface area (Å²) in [6.45, 7) is 10.1. The number of benzene rings is 2. The SMILES string of the molecule is CN1CCN(CC(=O)N2Cc3ccccc3N3CCN(Cc4ccccc4)CC3C2)CC1. The normalized spacial score (nSPS) is 22.8. The molecule has 1 unspecified atom stereocenters. The largest absolute Gasteiger partial charge is 0.364 e.